The molecule has 118 valence electrons. The number of hydrogen-bond donors (Lipinski definition) is 1. The van der Waals surface area contributed by atoms with Gasteiger partial charge in [0.15, 0.2) is 5.69 Å². The highest BCUT2D eigenvalue weighted by molar-refractivity contribution is 9.10. The minimum atomic E-state index is -1.22. The van der Waals surface area contributed by atoms with E-state index in [4.69, 9.17) is 5.11 Å². The molecule has 2 aromatic heterocycles. The van der Waals surface area contributed by atoms with Crippen LogP contribution in [0, 0.1) is 0 Å². The molecule has 0 radical (unpaired) electrons. The van der Waals surface area contributed by atoms with E-state index in [1.165, 1.54) is 15.8 Å². The van der Waals surface area contributed by atoms with E-state index in [0.29, 0.717) is 13.1 Å². The molecule has 0 bridgehead atoms. The first-order valence-corrected chi connectivity index (χ1v) is 7.37. The van der Waals surface area contributed by atoms with Gasteiger partial charge in [0.2, 0.25) is 0 Å². The molecular formula is C13H16BrN5O3. The fourth-order valence-electron chi connectivity index (χ4n) is 2.12. The molecule has 22 heavy (non-hydrogen) atoms. The molecular weight excluding hydrogens is 354 g/mol. The summed E-state index contributed by atoms with van der Waals surface area (Å²) >= 11 is 3.40. The molecule has 0 saturated carbocycles. The quantitative estimate of drug-likeness (QED) is 0.858. The van der Waals surface area contributed by atoms with Gasteiger partial charge in [-0.3, -0.25) is 14.2 Å². The zero-order valence-corrected chi connectivity index (χ0v) is 14.0. The summed E-state index contributed by atoms with van der Waals surface area (Å²) in [6.07, 6.45) is 3.08. The van der Waals surface area contributed by atoms with Crippen molar-refractivity contribution in [3.63, 3.8) is 0 Å². The summed E-state index contributed by atoms with van der Waals surface area (Å²) in [5, 5.41) is 17.1. The molecule has 0 aliphatic heterocycles. The third kappa shape index (κ3) is 3.03. The summed E-state index contributed by atoms with van der Waals surface area (Å²) < 4.78 is 3.89. The molecule has 1 N–H and O–H groups in total. The maximum atomic E-state index is 12.5. The van der Waals surface area contributed by atoms with Crippen LogP contribution >= 0.6 is 15.9 Å². The smallest absolute Gasteiger partial charge is 0.357 e. The number of nitrogens with zero attached hydrogens (tertiary/aromatic N) is 5. The molecule has 8 nitrogen and oxygen atoms in total. The standard InChI is InChI=1S/C13H16BrN5O3/c1-4-19-10(9(14)5-15-19)7-17(2)12(20)8-6-18(3)16-11(8)13(21)22/h5-6H,4,7H2,1-3H3,(H,21,22). The van der Waals surface area contributed by atoms with E-state index in [9.17, 15) is 9.59 Å². The number of hydrogen-bond acceptors (Lipinski definition) is 4. The van der Waals surface area contributed by atoms with Crippen LogP contribution < -0.4 is 0 Å². The van der Waals surface area contributed by atoms with Gasteiger partial charge in [-0.15, -0.1) is 0 Å². The molecule has 9 heteroatoms. The highest BCUT2D eigenvalue weighted by Gasteiger charge is 2.24. The van der Waals surface area contributed by atoms with Crippen molar-refractivity contribution in [2.24, 2.45) is 7.05 Å². The second-order valence-electron chi connectivity index (χ2n) is 4.79. The van der Waals surface area contributed by atoms with Crippen LogP contribution in [0.4, 0.5) is 0 Å². The number of halogens is 1. The number of rotatable bonds is 5. The summed E-state index contributed by atoms with van der Waals surface area (Å²) in [6, 6.07) is 0. The van der Waals surface area contributed by atoms with E-state index in [-0.39, 0.29) is 11.3 Å². The van der Waals surface area contributed by atoms with E-state index in [2.05, 4.69) is 26.1 Å². The Kier molecular flexibility index (Phi) is 4.65. The number of carbonyl (C=O) groups excluding carboxylic acids is 1. The zero-order chi connectivity index (χ0) is 16.4. The first-order valence-electron chi connectivity index (χ1n) is 6.57. The summed E-state index contributed by atoms with van der Waals surface area (Å²) in [7, 11) is 3.19. The molecule has 2 rings (SSSR count). The highest BCUT2D eigenvalue weighted by atomic mass is 79.9. The van der Waals surface area contributed by atoms with Crippen LogP contribution in [0.3, 0.4) is 0 Å². The van der Waals surface area contributed by atoms with Gasteiger partial charge in [0, 0.05) is 26.8 Å². The van der Waals surface area contributed by atoms with Gasteiger partial charge in [0.25, 0.3) is 5.91 Å². The lowest BCUT2D eigenvalue weighted by Gasteiger charge is -2.17. The molecule has 0 spiro atoms. The third-order valence-electron chi connectivity index (χ3n) is 3.19. The summed E-state index contributed by atoms with van der Waals surface area (Å²) in [4.78, 5) is 25.1. The maximum absolute atomic E-state index is 12.5. The van der Waals surface area contributed by atoms with Crippen LogP contribution in [-0.2, 0) is 20.1 Å². The van der Waals surface area contributed by atoms with Crippen molar-refractivity contribution in [1.29, 1.82) is 0 Å². The minimum Gasteiger partial charge on any atom is -0.476 e. The molecule has 0 saturated heterocycles. The van der Waals surface area contributed by atoms with Gasteiger partial charge in [-0.1, -0.05) is 0 Å². The third-order valence-corrected chi connectivity index (χ3v) is 3.86. The lowest BCUT2D eigenvalue weighted by Crippen LogP contribution is -2.28. The zero-order valence-electron chi connectivity index (χ0n) is 12.4. The minimum absolute atomic E-state index is 0.0659. The molecule has 0 fully saturated rings. The number of carboxylic acids is 1. The second kappa shape index (κ2) is 6.30. The van der Waals surface area contributed by atoms with E-state index < -0.39 is 11.9 Å². The summed E-state index contributed by atoms with van der Waals surface area (Å²) in [5.41, 5.74) is 0.665. The number of aromatic carboxylic acids is 1. The van der Waals surface area contributed by atoms with Crippen molar-refractivity contribution in [3.8, 4) is 0 Å². The van der Waals surface area contributed by atoms with Crippen molar-refractivity contribution in [3.05, 3.63) is 33.8 Å². The van der Waals surface area contributed by atoms with Crippen molar-refractivity contribution < 1.29 is 14.7 Å². The predicted molar refractivity (Wildman–Crippen MR) is 81.6 cm³/mol. The normalized spacial score (nSPS) is 10.7. The molecule has 2 aromatic rings. The SMILES string of the molecule is CCn1ncc(Br)c1CN(C)C(=O)c1cn(C)nc1C(=O)O. The van der Waals surface area contributed by atoms with Gasteiger partial charge in [-0.2, -0.15) is 10.2 Å². The lowest BCUT2D eigenvalue weighted by molar-refractivity contribution is 0.0674. The lowest BCUT2D eigenvalue weighted by atomic mass is 10.2. The Balaban J connectivity index is 2.26. The van der Waals surface area contributed by atoms with E-state index in [1.54, 1.807) is 25.0 Å². The number of aryl methyl sites for hydroxylation is 2. The van der Waals surface area contributed by atoms with E-state index in [0.717, 1.165) is 10.2 Å². The van der Waals surface area contributed by atoms with Gasteiger partial charge in [-0.25, -0.2) is 4.79 Å². The van der Waals surface area contributed by atoms with Crippen molar-refractivity contribution in [2.75, 3.05) is 7.05 Å². The summed E-state index contributed by atoms with van der Waals surface area (Å²) in [6.45, 7) is 2.94. The Morgan fingerprint density at radius 1 is 1.45 bits per heavy atom. The average Bonchev–Trinajstić information content (AvgIpc) is 3.02. The van der Waals surface area contributed by atoms with Crippen LogP contribution in [-0.4, -0.2) is 48.5 Å². The number of carbonyl (C=O) groups is 2. The van der Waals surface area contributed by atoms with Crippen LogP contribution in [0.5, 0.6) is 0 Å². The topological polar surface area (TPSA) is 93.3 Å². The first-order chi connectivity index (χ1) is 10.3. The number of carboxylic acid groups (broad SMARTS) is 1. The van der Waals surface area contributed by atoms with Gasteiger partial charge >= 0.3 is 5.97 Å². The molecule has 2 heterocycles. The maximum Gasteiger partial charge on any atom is 0.357 e. The Labute approximate surface area is 135 Å². The van der Waals surface area contributed by atoms with Gasteiger partial charge in [0.05, 0.1) is 28.5 Å². The summed E-state index contributed by atoms with van der Waals surface area (Å²) in [5.74, 6) is -1.63. The fourth-order valence-corrected chi connectivity index (χ4v) is 2.54. The van der Waals surface area contributed by atoms with Crippen molar-refractivity contribution in [1.82, 2.24) is 24.5 Å². The number of amides is 1. The average molecular weight is 370 g/mol. The molecule has 0 aliphatic carbocycles. The molecule has 0 atom stereocenters. The van der Waals surface area contributed by atoms with E-state index >= 15 is 0 Å². The Morgan fingerprint density at radius 3 is 2.73 bits per heavy atom. The van der Waals surface area contributed by atoms with Crippen molar-refractivity contribution in [2.45, 2.75) is 20.0 Å². The first kappa shape index (κ1) is 16.2. The van der Waals surface area contributed by atoms with E-state index in [1.807, 2.05) is 6.92 Å². The molecule has 0 aromatic carbocycles. The molecule has 1 amide bonds. The Hall–Kier alpha value is -2.16. The van der Waals surface area contributed by atoms with Crippen LogP contribution in [0.25, 0.3) is 0 Å². The van der Waals surface area contributed by atoms with Gasteiger partial charge < -0.3 is 10.0 Å². The molecule has 0 aliphatic rings. The monoisotopic (exact) mass is 369 g/mol. The predicted octanol–water partition coefficient (Wildman–Crippen LogP) is 1.37. The van der Waals surface area contributed by atoms with Gasteiger partial charge in [0.1, 0.15) is 0 Å². The largest absolute Gasteiger partial charge is 0.476 e. The van der Waals surface area contributed by atoms with Crippen LogP contribution in [0.2, 0.25) is 0 Å². The Morgan fingerprint density at radius 2 is 2.14 bits per heavy atom. The van der Waals surface area contributed by atoms with Crippen LogP contribution in [0.1, 0.15) is 33.5 Å². The van der Waals surface area contributed by atoms with Crippen molar-refractivity contribution >= 4 is 27.8 Å². The van der Waals surface area contributed by atoms with Gasteiger partial charge in [-0.05, 0) is 22.9 Å². The molecule has 0 unspecified atom stereocenters. The van der Waals surface area contributed by atoms with Crippen LogP contribution in [0.15, 0.2) is 16.9 Å². The fraction of sp³-hybridized carbons (Fsp3) is 0.385. The number of aromatic nitrogens is 4. The second-order valence-corrected chi connectivity index (χ2v) is 5.64. The highest BCUT2D eigenvalue weighted by Crippen LogP contribution is 2.19. The Bertz CT molecular complexity index is 721.